The van der Waals surface area contributed by atoms with E-state index in [2.05, 4.69) is 32.1 Å². The van der Waals surface area contributed by atoms with Crippen LogP contribution in [0.4, 0.5) is 5.82 Å². The predicted molar refractivity (Wildman–Crippen MR) is 130 cm³/mol. The van der Waals surface area contributed by atoms with Crippen molar-refractivity contribution in [2.24, 2.45) is 0 Å². The van der Waals surface area contributed by atoms with Crippen molar-refractivity contribution in [2.45, 2.75) is 24.9 Å². The lowest BCUT2D eigenvalue weighted by atomic mass is 10.1. The number of para-hydroxylation sites is 1. The topological polar surface area (TPSA) is 103 Å². The smallest absolute Gasteiger partial charge is 0.296 e. The fourth-order valence-electron chi connectivity index (χ4n) is 3.33. The van der Waals surface area contributed by atoms with E-state index in [1.807, 2.05) is 42.6 Å². The first kappa shape index (κ1) is 23.1. The molecule has 4 rings (SSSR count). The van der Waals surface area contributed by atoms with E-state index in [-0.39, 0.29) is 5.91 Å². The first-order valence-corrected chi connectivity index (χ1v) is 11.2. The molecule has 0 saturated carbocycles. The van der Waals surface area contributed by atoms with E-state index < -0.39 is 0 Å². The SMILES string of the molecule is CC#CC(=O)NCc1cnn(Cc2cc(OC)c3c(NSc4ccccc4OC)noc3c2)c1. The molecule has 0 saturated heterocycles. The third-order valence-corrected chi connectivity index (χ3v) is 5.72. The molecule has 0 radical (unpaired) electrons. The number of aromatic nitrogens is 3. The first-order valence-electron chi connectivity index (χ1n) is 10.4. The first-order chi connectivity index (χ1) is 16.6. The molecule has 0 aliphatic heterocycles. The van der Waals surface area contributed by atoms with Gasteiger partial charge in [-0.3, -0.25) is 9.48 Å². The van der Waals surface area contributed by atoms with Crippen LogP contribution in [0.15, 0.2) is 58.2 Å². The maximum atomic E-state index is 11.5. The zero-order chi connectivity index (χ0) is 23.9. The summed E-state index contributed by atoms with van der Waals surface area (Å²) in [5.41, 5.74) is 2.40. The predicted octanol–water partition coefficient (Wildman–Crippen LogP) is 3.85. The number of anilines is 1. The van der Waals surface area contributed by atoms with Gasteiger partial charge in [-0.25, -0.2) is 0 Å². The minimum atomic E-state index is -0.316. The lowest BCUT2D eigenvalue weighted by Gasteiger charge is -2.09. The molecular formula is C24H23N5O4S. The van der Waals surface area contributed by atoms with E-state index in [1.165, 1.54) is 11.9 Å². The Labute approximate surface area is 200 Å². The summed E-state index contributed by atoms with van der Waals surface area (Å²) in [6.07, 6.45) is 3.58. The average Bonchev–Trinajstić information content (AvgIpc) is 3.48. The van der Waals surface area contributed by atoms with Gasteiger partial charge in [-0.1, -0.05) is 23.2 Å². The number of fused-ring (bicyclic) bond motifs is 1. The number of rotatable bonds is 9. The summed E-state index contributed by atoms with van der Waals surface area (Å²) in [6.45, 7) is 2.47. The Balaban J connectivity index is 1.49. The molecule has 0 aliphatic rings. The molecule has 174 valence electrons. The standard InChI is InChI=1S/C24H23N5O4S/c1-4-7-22(30)25-12-17-13-26-29(15-17)14-16-10-19(32-3)23-20(11-16)33-27-24(23)28-34-21-9-6-5-8-18(21)31-2/h5-6,8-11,13,15H,12,14H2,1-3H3,(H,25,30)(H,27,28). The fraction of sp³-hybridized carbons (Fsp3) is 0.208. The molecule has 0 fully saturated rings. The van der Waals surface area contributed by atoms with Crippen LogP contribution in [0.3, 0.4) is 0 Å². The summed E-state index contributed by atoms with van der Waals surface area (Å²) < 4.78 is 21.6. The van der Waals surface area contributed by atoms with Crippen molar-refractivity contribution in [2.75, 3.05) is 18.9 Å². The molecule has 0 bridgehead atoms. The monoisotopic (exact) mass is 477 g/mol. The number of nitrogens with one attached hydrogen (secondary N) is 2. The highest BCUT2D eigenvalue weighted by Gasteiger charge is 2.17. The molecule has 9 nitrogen and oxygen atoms in total. The number of benzene rings is 2. The van der Waals surface area contributed by atoms with Crippen LogP contribution in [-0.4, -0.2) is 35.1 Å². The van der Waals surface area contributed by atoms with Gasteiger partial charge in [0.15, 0.2) is 11.4 Å². The van der Waals surface area contributed by atoms with Gasteiger partial charge in [-0.15, -0.1) is 0 Å². The van der Waals surface area contributed by atoms with Crippen LogP contribution in [0, 0.1) is 11.8 Å². The Morgan fingerprint density at radius 2 is 2.00 bits per heavy atom. The third kappa shape index (κ3) is 5.27. The van der Waals surface area contributed by atoms with Crippen molar-refractivity contribution in [3.05, 3.63) is 59.9 Å². The lowest BCUT2D eigenvalue weighted by molar-refractivity contribution is -0.115. The van der Waals surface area contributed by atoms with E-state index in [1.54, 1.807) is 32.0 Å². The molecule has 0 aliphatic carbocycles. The zero-order valence-corrected chi connectivity index (χ0v) is 19.7. The van der Waals surface area contributed by atoms with Gasteiger partial charge in [-0.2, -0.15) is 5.10 Å². The molecule has 2 aromatic carbocycles. The van der Waals surface area contributed by atoms with Crippen LogP contribution in [0.2, 0.25) is 0 Å². The Morgan fingerprint density at radius 3 is 2.79 bits per heavy atom. The highest BCUT2D eigenvalue weighted by Crippen LogP contribution is 2.37. The number of ether oxygens (including phenoxy) is 2. The van der Waals surface area contributed by atoms with Gasteiger partial charge in [0.2, 0.25) is 0 Å². The number of nitrogens with zero attached hydrogens (tertiary/aromatic N) is 3. The van der Waals surface area contributed by atoms with E-state index in [0.717, 1.165) is 27.2 Å². The van der Waals surface area contributed by atoms with Gasteiger partial charge >= 0.3 is 0 Å². The summed E-state index contributed by atoms with van der Waals surface area (Å²) in [4.78, 5) is 12.4. The second-order valence-electron chi connectivity index (χ2n) is 7.16. The summed E-state index contributed by atoms with van der Waals surface area (Å²) in [5, 5.41) is 12.0. The second-order valence-corrected chi connectivity index (χ2v) is 8.01. The van der Waals surface area contributed by atoms with Gasteiger partial charge in [0.25, 0.3) is 5.91 Å². The van der Waals surface area contributed by atoms with Crippen LogP contribution < -0.4 is 19.5 Å². The Morgan fingerprint density at radius 1 is 1.18 bits per heavy atom. The van der Waals surface area contributed by atoms with Crippen molar-refractivity contribution in [3.63, 3.8) is 0 Å². The highest BCUT2D eigenvalue weighted by molar-refractivity contribution is 8.00. The Hall–Kier alpha value is -4.10. The zero-order valence-electron chi connectivity index (χ0n) is 18.9. The summed E-state index contributed by atoms with van der Waals surface area (Å²) in [7, 11) is 3.24. The Kier molecular flexibility index (Phi) is 7.25. The third-order valence-electron chi connectivity index (χ3n) is 4.87. The van der Waals surface area contributed by atoms with Crippen LogP contribution >= 0.6 is 11.9 Å². The molecule has 2 aromatic heterocycles. The van der Waals surface area contributed by atoms with Gasteiger partial charge in [-0.05, 0) is 54.6 Å². The van der Waals surface area contributed by atoms with Crippen molar-refractivity contribution < 1.29 is 18.8 Å². The van der Waals surface area contributed by atoms with Crippen LogP contribution in [0.5, 0.6) is 11.5 Å². The Bertz CT molecular complexity index is 1370. The molecule has 1 amide bonds. The lowest BCUT2D eigenvalue weighted by Crippen LogP contribution is -2.20. The van der Waals surface area contributed by atoms with Crippen LogP contribution in [0.25, 0.3) is 11.0 Å². The van der Waals surface area contributed by atoms with E-state index in [0.29, 0.717) is 30.2 Å². The molecular weight excluding hydrogens is 454 g/mol. The van der Waals surface area contributed by atoms with Crippen LogP contribution in [-0.2, 0) is 17.9 Å². The minimum absolute atomic E-state index is 0.316. The molecule has 0 unspecified atom stereocenters. The maximum Gasteiger partial charge on any atom is 0.296 e. The number of carbonyl (C=O) groups excluding carboxylic acids is 1. The minimum Gasteiger partial charge on any atom is -0.496 e. The molecule has 10 heteroatoms. The van der Waals surface area contributed by atoms with Gasteiger partial charge in [0, 0.05) is 18.3 Å². The van der Waals surface area contributed by atoms with Gasteiger partial charge in [0.05, 0.1) is 31.9 Å². The molecule has 34 heavy (non-hydrogen) atoms. The van der Waals surface area contributed by atoms with Crippen molar-refractivity contribution in [1.82, 2.24) is 20.3 Å². The van der Waals surface area contributed by atoms with E-state index >= 15 is 0 Å². The van der Waals surface area contributed by atoms with Crippen LogP contribution in [0.1, 0.15) is 18.1 Å². The maximum absolute atomic E-state index is 11.5. The fourth-order valence-corrected chi connectivity index (χ4v) is 4.07. The second kappa shape index (κ2) is 10.7. The van der Waals surface area contributed by atoms with E-state index in [4.69, 9.17) is 14.0 Å². The van der Waals surface area contributed by atoms with Crippen molar-refractivity contribution >= 4 is 34.6 Å². The van der Waals surface area contributed by atoms with E-state index in [9.17, 15) is 4.79 Å². The molecule has 2 heterocycles. The molecule has 4 aromatic rings. The average molecular weight is 478 g/mol. The summed E-state index contributed by atoms with van der Waals surface area (Å²) in [5.74, 6) is 6.66. The number of hydrogen-bond acceptors (Lipinski definition) is 8. The molecule has 2 N–H and O–H groups in total. The van der Waals surface area contributed by atoms with Crippen molar-refractivity contribution in [1.29, 1.82) is 0 Å². The number of methoxy groups -OCH3 is 2. The highest BCUT2D eigenvalue weighted by atomic mass is 32.2. The number of hydrogen-bond donors (Lipinski definition) is 2. The molecule has 0 atom stereocenters. The van der Waals surface area contributed by atoms with Gasteiger partial charge in [0.1, 0.15) is 16.9 Å². The summed E-state index contributed by atoms with van der Waals surface area (Å²) in [6, 6.07) is 11.5. The van der Waals surface area contributed by atoms with Crippen molar-refractivity contribution in [3.8, 4) is 23.3 Å². The molecule has 0 spiro atoms. The quantitative estimate of drug-likeness (QED) is 0.277. The number of amides is 1. The normalized spacial score (nSPS) is 10.4. The summed E-state index contributed by atoms with van der Waals surface area (Å²) >= 11 is 1.38. The number of carbonyl (C=O) groups is 1. The van der Waals surface area contributed by atoms with Gasteiger partial charge < -0.3 is 24.0 Å². The largest absolute Gasteiger partial charge is 0.496 e.